The zero-order chi connectivity index (χ0) is 11.2. The normalized spacial score (nSPS) is 10.5. The Morgan fingerprint density at radius 2 is 1.75 bits per heavy atom. The molecule has 78 valence electrons. The van der Waals surface area contributed by atoms with Gasteiger partial charge in [-0.25, -0.2) is 0 Å². The Labute approximate surface area is 94.3 Å². The molecule has 2 nitrogen and oxygen atoms in total. The largest absolute Gasteiger partial charge is 0.298 e. The fraction of sp³-hybridized carbons (Fsp3) is 0. The Morgan fingerprint density at radius 3 is 2.50 bits per heavy atom. The molecular formula is C14H11NO. The smallest absolute Gasteiger partial charge is 0.150 e. The van der Waals surface area contributed by atoms with E-state index in [0.717, 1.165) is 17.5 Å². The van der Waals surface area contributed by atoms with Crippen LogP contribution >= 0.6 is 0 Å². The third kappa shape index (κ3) is 2.64. The number of aldehydes is 1. The third-order valence-electron chi connectivity index (χ3n) is 2.19. The number of nitrogens with zero attached hydrogens (tertiary/aromatic N) is 1. The lowest BCUT2D eigenvalue weighted by atomic mass is 10.2. The highest BCUT2D eigenvalue weighted by Crippen LogP contribution is 2.06. The molecule has 0 unspecified atom stereocenters. The topological polar surface area (TPSA) is 30.0 Å². The lowest BCUT2D eigenvalue weighted by Gasteiger charge is -1.94. The second-order valence-corrected chi connectivity index (χ2v) is 3.38. The number of hydrogen-bond acceptors (Lipinski definition) is 2. The van der Waals surface area contributed by atoms with Gasteiger partial charge in [-0.15, -0.1) is 0 Å². The van der Waals surface area contributed by atoms with E-state index in [0.29, 0.717) is 5.56 Å². The molecule has 16 heavy (non-hydrogen) atoms. The minimum atomic E-state index is 0.641. The van der Waals surface area contributed by atoms with Crippen molar-refractivity contribution >= 4 is 18.4 Å². The lowest BCUT2D eigenvalue weighted by Crippen LogP contribution is -1.84. The number of carbonyl (C=O) groups excluding carboxylic acids is 1. The molecule has 0 fully saturated rings. The number of aromatic nitrogens is 1. The van der Waals surface area contributed by atoms with E-state index in [9.17, 15) is 4.79 Å². The van der Waals surface area contributed by atoms with Crippen LogP contribution in [0.1, 0.15) is 21.6 Å². The average molecular weight is 209 g/mol. The van der Waals surface area contributed by atoms with Crippen LogP contribution in [0.4, 0.5) is 0 Å². The van der Waals surface area contributed by atoms with Gasteiger partial charge in [-0.05, 0) is 23.8 Å². The Kier molecular flexibility index (Phi) is 3.24. The van der Waals surface area contributed by atoms with Crippen LogP contribution in [0.25, 0.3) is 12.2 Å². The molecule has 1 aromatic heterocycles. The molecule has 0 aliphatic rings. The van der Waals surface area contributed by atoms with E-state index in [-0.39, 0.29) is 0 Å². The van der Waals surface area contributed by atoms with Crippen molar-refractivity contribution in [3.05, 3.63) is 65.5 Å². The number of hydrogen-bond donors (Lipinski definition) is 0. The van der Waals surface area contributed by atoms with Crippen molar-refractivity contribution in [2.24, 2.45) is 0 Å². The highest BCUT2D eigenvalue weighted by atomic mass is 16.1. The molecule has 1 aromatic carbocycles. The van der Waals surface area contributed by atoms with E-state index in [1.165, 1.54) is 0 Å². The maximum absolute atomic E-state index is 10.6. The molecule has 0 aliphatic heterocycles. The molecule has 0 N–H and O–H groups in total. The van der Waals surface area contributed by atoms with E-state index in [4.69, 9.17) is 0 Å². The summed E-state index contributed by atoms with van der Waals surface area (Å²) < 4.78 is 0. The molecule has 0 bridgehead atoms. The first-order valence-corrected chi connectivity index (χ1v) is 5.03. The first kappa shape index (κ1) is 10.3. The summed E-state index contributed by atoms with van der Waals surface area (Å²) in [7, 11) is 0. The van der Waals surface area contributed by atoms with E-state index in [1.54, 1.807) is 18.3 Å². The van der Waals surface area contributed by atoms with Crippen molar-refractivity contribution in [2.45, 2.75) is 0 Å². The van der Waals surface area contributed by atoms with Crippen LogP contribution in [0, 0.1) is 0 Å². The molecule has 1 heterocycles. The minimum absolute atomic E-state index is 0.641. The second kappa shape index (κ2) is 5.03. The maximum atomic E-state index is 10.6. The van der Waals surface area contributed by atoms with Gasteiger partial charge in [0, 0.05) is 11.8 Å². The summed E-state index contributed by atoms with van der Waals surface area (Å²) in [5, 5.41) is 0. The monoisotopic (exact) mass is 209 g/mol. The van der Waals surface area contributed by atoms with Gasteiger partial charge in [0.05, 0.1) is 5.69 Å². The van der Waals surface area contributed by atoms with Crippen LogP contribution in [-0.4, -0.2) is 11.3 Å². The number of pyridine rings is 1. The quantitative estimate of drug-likeness (QED) is 0.727. The molecule has 0 radical (unpaired) electrons. The molecule has 0 spiro atoms. The highest BCUT2D eigenvalue weighted by Gasteiger charge is 1.92. The van der Waals surface area contributed by atoms with Crippen LogP contribution in [0.3, 0.4) is 0 Å². The molecule has 2 rings (SSSR count). The molecule has 0 saturated carbocycles. The summed E-state index contributed by atoms with van der Waals surface area (Å²) in [4.78, 5) is 14.7. The fourth-order valence-electron chi connectivity index (χ4n) is 1.38. The molecule has 0 atom stereocenters. The average Bonchev–Trinajstić information content (AvgIpc) is 2.38. The van der Waals surface area contributed by atoms with Crippen LogP contribution in [-0.2, 0) is 0 Å². The summed E-state index contributed by atoms with van der Waals surface area (Å²) >= 11 is 0. The van der Waals surface area contributed by atoms with Crippen molar-refractivity contribution in [1.29, 1.82) is 0 Å². The zero-order valence-corrected chi connectivity index (χ0v) is 8.71. The summed E-state index contributed by atoms with van der Waals surface area (Å²) in [6.45, 7) is 0. The van der Waals surface area contributed by atoms with Gasteiger partial charge < -0.3 is 0 Å². The Bertz CT molecular complexity index is 503. The summed E-state index contributed by atoms with van der Waals surface area (Å²) in [5.74, 6) is 0. The summed E-state index contributed by atoms with van der Waals surface area (Å²) in [6.07, 6.45) is 6.31. The van der Waals surface area contributed by atoms with Gasteiger partial charge in [-0.1, -0.05) is 36.4 Å². The van der Waals surface area contributed by atoms with Crippen molar-refractivity contribution in [3.63, 3.8) is 0 Å². The predicted octanol–water partition coefficient (Wildman–Crippen LogP) is 3.06. The van der Waals surface area contributed by atoms with Crippen LogP contribution < -0.4 is 0 Å². The van der Waals surface area contributed by atoms with E-state index < -0.39 is 0 Å². The number of carbonyl (C=O) groups is 1. The predicted molar refractivity (Wildman–Crippen MR) is 65.0 cm³/mol. The summed E-state index contributed by atoms with van der Waals surface area (Å²) in [5.41, 5.74) is 2.54. The second-order valence-electron chi connectivity index (χ2n) is 3.38. The van der Waals surface area contributed by atoms with Gasteiger partial charge in [0.2, 0.25) is 0 Å². The van der Waals surface area contributed by atoms with Crippen LogP contribution in [0.5, 0.6) is 0 Å². The van der Waals surface area contributed by atoms with Gasteiger partial charge in [0.15, 0.2) is 0 Å². The van der Waals surface area contributed by atoms with Crippen molar-refractivity contribution in [2.75, 3.05) is 0 Å². The zero-order valence-electron chi connectivity index (χ0n) is 8.71. The standard InChI is InChI=1S/C14H11NO/c16-11-13-8-9-15-14(10-13)7-6-12-4-2-1-3-5-12/h1-11H. The minimum Gasteiger partial charge on any atom is -0.298 e. The first-order valence-electron chi connectivity index (χ1n) is 5.03. The van der Waals surface area contributed by atoms with Gasteiger partial charge in [-0.3, -0.25) is 9.78 Å². The van der Waals surface area contributed by atoms with E-state index >= 15 is 0 Å². The third-order valence-corrected chi connectivity index (χ3v) is 2.19. The van der Waals surface area contributed by atoms with Crippen molar-refractivity contribution in [3.8, 4) is 0 Å². The number of rotatable bonds is 3. The molecule has 0 saturated heterocycles. The van der Waals surface area contributed by atoms with Crippen LogP contribution in [0.15, 0.2) is 48.7 Å². The Morgan fingerprint density at radius 1 is 0.938 bits per heavy atom. The van der Waals surface area contributed by atoms with E-state index in [2.05, 4.69) is 4.98 Å². The molecule has 0 aliphatic carbocycles. The highest BCUT2D eigenvalue weighted by molar-refractivity contribution is 5.77. The SMILES string of the molecule is O=Cc1ccnc(C=Cc2ccccc2)c1. The summed E-state index contributed by atoms with van der Waals surface area (Å²) in [6, 6.07) is 13.4. The molecule has 0 amide bonds. The number of benzene rings is 1. The Balaban J connectivity index is 2.20. The first-order chi connectivity index (χ1) is 7.88. The van der Waals surface area contributed by atoms with Crippen LogP contribution in [0.2, 0.25) is 0 Å². The fourth-order valence-corrected chi connectivity index (χ4v) is 1.38. The van der Waals surface area contributed by atoms with Gasteiger partial charge >= 0.3 is 0 Å². The van der Waals surface area contributed by atoms with Gasteiger partial charge in [0.25, 0.3) is 0 Å². The molecule has 2 aromatic rings. The molecule has 2 heteroatoms. The lowest BCUT2D eigenvalue weighted by molar-refractivity contribution is 0.112. The van der Waals surface area contributed by atoms with Gasteiger partial charge in [0.1, 0.15) is 6.29 Å². The van der Waals surface area contributed by atoms with Crippen molar-refractivity contribution in [1.82, 2.24) is 4.98 Å². The maximum Gasteiger partial charge on any atom is 0.150 e. The molecular weight excluding hydrogens is 198 g/mol. The Hall–Kier alpha value is -2.22. The van der Waals surface area contributed by atoms with Crippen molar-refractivity contribution < 1.29 is 4.79 Å². The van der Waals surface area contributed by atoms with Gasteiger partial charge in [-0.2, -0.15) is 0 Å². The van der Waals surface area contributed by atoms with E-state index in [1.807, 2.05) is 42.5 Å².